The van der Waals surface area contributed by atoms with Crippen LogP contribution in [0.25, 0.3) is 0 Å². The van der Waals surface area contributed by atoms with E-state index >= 15 is 0 Å². The maximum Gasteiger partial charge on any atom is 0.243 e. The molecule has 1 saturated heterocycles. The number of nitrogens with zero attached hydrogens (tertiary/aromatic N) is 4. The molecule has 0 atom stereocenters. The van der Waals surface area contributed by atoms with E-state index in [2.05, 4.69) is 28.1 Å². The van der Waals surface area contributed by atoms with Crippen LogP contribution < -0.4 is 4.90 Å². The van der Waals surface area contributed by atoms with E-state index < -0.39 is 10.0 Å². The zero-order valence-electron chi connectivity index (χ0n) is 15.0. The highest BCUT2D eigenvalue weighted by atomic mass is 32.2. The molecule has 138 valence electrons. The van der Waals surface area contributed by atoms with Gasteiger partial charge in [0.05, 0.1) is 10.6 Å². The van der Waals surface area contributed by atoms with Gasteiger partial charge in [-0.15, -0.1) is 5.10 Å². The third-order valence-electron chi connectivity index (χ3n) is 5.20. The number of piperazine rings is 1. The van der Waals surface area contributed by atoms with Crippen molar-refractivity contribution in [2.24, 2.45) is 0 Å². The summed E-state index contributed by atoms with van der Waals surface area (Å²) in [4.78, 5) is 2.48. The maximum atomic E-state index is 12.8. The quantitative estimate of drug-likeness (QED) is 0.806. The normalized spacial score (nSPS) is 18.9. The van der Waals surface area contributed by atoms with Crippen molar-refractivity contribution in [2.45, 2.75) is 37.0 Å². The zero-order chi connectivity index (χ0) is 18.1. The summed E-state index contributed by atoms with van der Waals surface area (Å²) >= 11 is 0. The van der Waals surface area contributed by atoms with Crippen molar-refractivity contribution in [3.05, 3.63) is 47.7 Å². The molecule has 4 rings (SSSR count). The fourth-order valence-electron chi connectivity index (χ4n) is 3.30. The van der Waals surface area contributed by atoms with Gasteiger partial charge in [-0.1, -0.05) is 19.1 Å². The molecule has 0 bridgehead atoms. The molecule has 0 radical (unpaired) electrons. The Hall–Kier alpha value is -1.99. The number of aromatic nitrogens is 2. The molecule has 2 fully saturated rings. The van der Waals surface area contributed by atoms with Crippen LogP contribution in [0.1, 0.15) is 36.9 Å². The Bertz CT molecular complexity index is 853. The largest absolute Gasteiger partial charge is 0.352 e. The van der Waals surface area contributed by atoms with Crippen LogP contribution in [0.5, 0.6) is 0 Å². The Kier molecular flexibility index (Phi) is 4.67. The van der Waals surface area contributed by atoms with Crippen LogP contribution in [0.3, 0.4) is 0 Å². The first-order valence-electron chi connectivity index (χ1n) is 9.25. The van der Waals surface area contributed by atoms with Crippen molar-refractivity contribution in [1.82, 2.24) is 14.5 Å². The fraction of sp³-hybridized carbons (Fsp3) is 0.474. The number of hydrogen-bond donors (Lipinski definition) is 0. The molecule has 1 aromatic carbocycles. The van der Waals surface area contributed by atoms with E-state index in [1.807, 2.05) is 18.2 Å². The molecule has 2 aliphatic rings. The summed E-state index contributed by atoms with van der Waals surface area (Å²) < 4.78 is 27.2. The fourth-order valence-corrected chi connectivity index (χ4v) is 4.73. The van der Waals surface area contributed by atoms with Crippen molar-refractivity contribution in [1.29, 1.82) is 0 Å². The van der Waals surface area contributed by atoms with Crippen LogP contribution in [0, 0.1) is 0 Å². The van der Waals surface area contributed by atoms with Crippen molar-refractivity contribution in [2.75, 3.05) is 31.1 Å². The van der Waals surface area contributed by atoms with Gasteiger partial charge in [0.25, 0.3) is 0 Å². The Morgan fingerprint density at radius 2 is 1.65 bits per heavy atom. The van der Waals surface area contributed by atoms with Gasteiger partial charge >= 0.3 is 0 Å². The molecule has 0 N–H and O–H groups in total. The molecular weight excluding hydrogens is 348 g/mol. The van der Waals surface area contributed by atoms with Gasteiger partial charge in [-0.25, -0.2) is 8.42 Å². The second kappa shape index (κ2) is 6.96. The summed E-state index contributed by atoms with van der Waals surface area (Å²) in [7, 11) is -3.43. The summed E-state index contributed by atoms with van der Waals surface area (Å²) in [5.41, 5.74) is 2.22. The van der Waals surface area contributed by atoms with E-state index in [9.17, 15) is 8.42 Å². The third-order valence-corrected chi connectivity index (χ3v) is 7.11. The number of aryl methyl sites for hydroxylation is 1. The van der Waals surface area contributed by atoms with Gasteiger partial charge < -0.3 is 4.90 Å². The predicted molar refractivity (Wildman–Crippen MR) is 101 cm³/mol. The smallest absolute Gasteiger partial charge is 0.243 e. The second-order valence-corrected chi connectivity index (χ2v) is 8.92. The molecule has 1 aliphatic carbocycles. The predicted octanol–water partition coefficient (Wildman–Crippen LogP) is 2.43. The molecule has 1 aromatic heterocycles. The lowest BCUT2D eigenvalue weighted by molar-refractivity contribution is 0.383. The van der Waals surface area contributed by atoms with E-state index in [0.717, 1.165) is 23.5 Å². The summed E-state index contributed by atoms with van der Waals surface area (Å²) in [5, 5.41) is 8.66. The van der Waals surface area contributed by atoms with Crippen LogP contribution in [0.2, 0.25) is 0 Å². The molecular formula is C19H24N4O2S. The highest BCUT2D eigenvalue weighted by molar-refractivity contribution is 7.89. The van der Waals surface area contributed by atoms with Gasteiger partial charge in [-0.2, -0.15) is 9.40 Å². The van der Waals surface area contributed by atoms with Gasteiger partial charge in [-0.05, 0) is 49.1 Å². The van der Waals surface area contributed by atoms with Crippen LogP contribution in [-0.4, -0.2) is 49.1 Å². The van der Waals surface area contributed by atoms with E-state index in [-0.39, 0.29) is 0 Å². The molecule has 7 heteroatoms. The molecule has 2 aromatic rings. The van der Waals surface area contributed by atoms with Gasteiger partial charge in [0.15, 0.2) is 5.82 Å². The minimum absolute atomic E-state index is 0.372. The van der Waals surface area contributed by atoms with Crippen LogP contribution in [0.15, 0.2) is 41.3 Å². The second-order valence-electron chi connectivity index (χ2n) is 6.98. The number of anilines is 1. The molecule has 0 spiro atoms. The Labute approximate surface area is 154 Å². The van der Waals surface area contributed by atoms with Gasteiger partial charge in [0.2, 0.25) is 10.0 Å². The number of benzene rings is 1. The topological polar surface area (TPSA) is 66.4 Å². The van der Waals surface area contributed by atoms with Crippen molar-refractivity contribution < 1.29 is 8.42 Å². The first-order chi connectivity index (χ1) is 12.6. The standard InChI is InChI=1S/C19H24N4O2S/c1-2-15-3-7-17(8-4-15)26(24,25)23-13-11-22(12-14-23)19-10-9-18(20-21-19)16-5-6-16/h3-4,7-10,16H,2,5-6,11-14H2,1H3. The summed E-state index contributed by atoms with van der Waals surface area (Å²) in [5.74, 6) is 1.43. The van der Waals surface area contributed by atoms with Gasteiger partial charge in [0.1, 0.15) is 0 Å². The summed E-state index contributed by atoms with van der Waals surface area (Å²) in [6.45, 7) is 4.24. The van der Waals surface area contributed by atoms with Crippen LogP contribution in [0.4, 0.5) is 5.82 Å². The van der Waals surface area contributed by atoms with Crippen molar-refractivity contribution in [3.8, 4) is 0 Å². The van der Waals surface area contributed by atoms with Crippen molar-refractivity contribution in [3.63, 3.8) is 0 Å². The van der Waals surface area contributed by atoms with E-state index in [1.165, 1.54) is 12.8 Å². The third kappa shape index (κ3) is 3.46. The van der Waals surface area contributed by atoms with Crippen LogP contribution in [-0.2, 0) is 16.4 Å². The van der Waals surface area contributed by atoms with E-state index in [0.29, 0.717) is 37.0 Å². The molecule has 0 amide bonds. The molecule has 26 heavy (non-hydrogen) atoms. The lowest BCUT2D eigenvalue weighted by Gasteiger charge is -2.34. The first-order valence-corrected chi connectivity index (χ1v) is 10.7. The first kappa shape index (κ1) is 17.4. The average Bonchev–Trinajstić information content (AvgIpc) is 3.54. The summed E-state index contributed by atoms with van der Waals surface area (Å²) in [6.07, 6.45) is 3.33. The minimum Gasteiger partial charge on any atom is -0.352 e. The van der Waals surface area contributed by atoms with Crippen molar-refractivity contribution >= 4 is 15.8 Å². The Balaban J connectivity index is 1.41. The maximum absolute atomic E-state index is 12.8. The van der Waals surface area contributed by atoms with Gasteiger partial charge in [0, 0.05) is 32.1 Å². The number of hydrogen-bond acceptors (Lipinski definition) is 5. The highest BCUT2D eigenvalue weighted by Gasteiger charge is 2.29. The SMILES string of the molecule is CCc1ccc(S(=O)(=O)N2CCN(c3ccc(C4CC4)nn3)CC2)cc1. The Morgan fingerprint density at radius 3 is 2.19 bits per heavy atom. The number of rotatable bonds is 5. The van der Waals surface area contributed by atoms with E-state index in [4.69, 9.17) is 0 Å². The molecule has 1 aliphatic heterocycles. The highest BCUT2D eigenvalue weighted by Crippen LogP contribution is 2.38. The minimum atomic E-state index is -3.43. The zero-order valence-corrected chi connectivity index (χ0v) is 15.8. The lowest BCUT2D eigenvalue weighted by Crippen LogP contribution is -2.49. The average molecular weight is 372 g/mol. The molecule has 0 unspecified atom stereocenters. The van der Waals surface area contributed by atoms with E-state index in [1.54, 1.807) is 16.4 Å². The molecule has 6 nitrogen and oxygen atoms in total. The molecule has 2 heterocycles. The van der Waals surface area contributed by atoms with Gasteiger partial charge in [-0.3, -0.25) is 0 Å². The summed E-state index contributed by atoms with van der Waals surface area (Å²) in [6, 6.07) is 11.3. The van der Waals surface area contributed by atoms with Crippen LogP contribution >= 0.6 is 0 Å². The number of sulfonamides is 1. The monoisotopic (exact) mass is 372 g/mol. The lowest BCUT2D eigenvalue weighted by atomic mass is 10.2. The molecule has 1 saturated carbocycles. The Morgan fingerprint density at radius 1 is 0.962 bits per heavy atom.